The molecule has 1 atom stereocenters. The van der Waals surface area contributed by atoms with Crippen LogP contribution >= 0.6 is 8.25 Å². The van der Waals surface area contributed by atoms with E-state index < -0.39 is 8.25 Å². The number of hydrogen-bond donors (Lipinski definition) is 2. The van der Waals surface area contributed by atoms with Gasteiger partial charge in [-0.1, -0.05) is 12.1 Å². The standard InChI is InChI=1S/C27H33N2O6P/c1-20(2)35-25-10-8-21(16-23(25)18-28)6-3-13-33-27-11-9-22(17-24(27)26-7-4-14-32-26)19-29-12-5-15-34-36(30)31/h4,7-11,14,16-17,20,29,36H,3,5-6,12-13,15,19H2,1-2H3,(H,30,31). The van der Waals surface area contributed by atoms with Crippen molar-refractivity contribution in [3.63, 3.8) is 0 Å². The molecule has 3 rings (SSSR count). The van der Waals surface area contributed by atoms with Crippen LogP contribution in [-0.4, -0.2) is 30.8 Å². The fourth-order valence-corrected chi connectivity index (χ4v) is 3.98. The molecule has 0 fully saturated rings. The van der Waals surface area contributed by atoms with E-state index in [1.54, 1.807) is 6.26 Å². The quantitative estimate of drug-likeness (QED) is 0.203. The summed E-state index contributed by atoms with van der Waals surface area (Å²) in [7, 11) is -2.86. The predicted molar refractivity (Wildman–Crippen MR) is 138 cm³/mol. The summed E-state index contributed by atoms with van der Waals surface area (Å²) in [4.78, 5) is 8.69. The summed E-state index contributed by atoms with van der Waals surface area (Å²) >= 11 is 0. The second-order valence-electron chi connectivity index (χ2n) is 8.51. The molecule has 3 aromatic rings. The van der Waals surface area contributed by atoms with Crippen LogP contribution in [0, 0.1) is 11.3 Å². The lowest BCUT2D eigenvalue weighted by molar-refractivity contribution is 0.241. The van der Waals surface area contributed by atoms with Crippen molar-refractivity contribution in [2.45, 2.75) is 45.8 Å². The summed E-state index contributed by atoms with van der Waals surface area (Å²) in [6.07, 6.45) is 3.87. The third-order valence-electron chi connectivity index (χ3n) is 5.28. The van der Waals surface area contributed by atoms with Crippen LogP contribution in [-0.2, 0) is 22.1 Å². The van der Waals surface area contributed by atoms with Crippen molar-refractivity contribution in [2.24, 2.45) is 0 Å². The van der Waals surface area contributed by atoms with Gasteiger partial charge in [-0.15, -0.1) is 0 Å². The van der Waals surface area contributed by atoms with Gasteiger partial charge in [-0.2, -0.15) is 5.26 Å². The Kier molecular flexibility index (Phi) is 11.1. The summed E-state index contributed by atoms with van der Waals surface area (Å²) in [6, 6.07) is 17.7. The van der Waals surface area contributed by atoms with Crippen molar-refractivity contribution in [3.05, 3.63) is 71.5 Å². The van der Waals surface area contributed by atoms with E-state index in [9.17, 15) is 9.83 Å². The molecule has 0 aliphatic heterocycles. The van der Waals surface area contributed by atoms with Crippen molar-refractivity contribution in [3.8, 4) is 28.9 Å². The van der Waals surface area contributed by atoms with Crippen LogP contribution < -0.4 is 14.8 Å². The van der Waals surface area contributed by atoms with E-state index in [0.717, 1.165) is 41.0 Å². The van der Waals surface area contributed by atoms with E-state index in [4.69, 9.17) is 23.3 Å². The zero-order valence-electron chi connectivity index (χ0n) is 20.7. The molecule has 0 bridgehead atoms. The maximum atomic E-state index is 10.6. The minimum absolute atomic E-state index is 0.0158. The molecule has 9 heteroatoms. The Hall–Kier alpha value is -3.08. The number of aryl methyl sites for hydroxylation is 1. The fraction of sp³-hybridized carbons (Fsp3) is 0.370. The molecule has 36 heavy (non-hydrogen) atoms. The maximum Gasteiger partial charge on any atom is 0.316 e. The number of furan rings is 1. The van der Waals surface area contributed by atoms with Gasteiger partial charge in [-0.05, 0) is 87.2 Å². The fourth-order valence-electron chi connectivity index (χ4n) is 3.66. The number of benzene rings is 2. The van der Waals surface area contributed by atoms with Gasteiger partial charge >= 0.3 is 8.25 Å². The lowest BCUT2D eigenvalue weighted by Gasteiger charge is -2.14. The van der Waals surface area contributed by atoms with E-state index >= 15 is 0 Å². The smallest absolute Gasteiger partial charge is 0.316 e. The Balaban J connectivity index is 1.55. The SMILES string of the molecule is CC(C)Oc1ccc(CCCOc2ccc(CNCCCO[PH](=O)O)cc2-c2ccco2)cc1C#N. The number of rotatable bonds is 15. The maximum absolute atomic E-state index is 10.6. The number of nitrogens with zero attached hydrogens (tertiary/aromatic N) is 1. The zero-order valence-corrected chi connectivity index (χ0v) is 21.7. The Morgan fingerprint density at radius 3 is 2.61 bits per heavy atom. The summed E-state index contributed by atoms with van der Waals surface area (Å²) in [6.45, 7) is 5.95. The van der Waals surface area contributed by atoms with Gasteiger partial charge in [0.2, 0.25) is 0 Å². The Morgan fingerprint density at radius 2 is 1.89 bits per heavy atom. The van der Waals surface area contributed by atoms with Gasteiger partial charge in [-0.3, -0.25) is 4.57 Å². The lowest BCUT2D eigenvalue weighted by Crippen LogP contribution is -2.16. The highest BCUT2D eigenvalue weighted by atomic mass is 31.1. The molecule has 0 amide bonds. The Labute approximate surface area is 212 Å². The van der Waals surface area contributed by atoms with Crippen LogP contribution in [0.1, 0.15) is 43.4 Å². The van der Waals surface area contributed by atoms with Gasteiger partial charge in [0.15, 0.2) is 0 Å². The van der Waals surface area contributed by atoms with Gasteiger partial charge in [0, 0.05) is 6.54 Å². The highest BCUT2D eigenvalue weighted by Crippen LogP contribution is 2.32. The predicted octanol–water partition coefficient (Wildman–Crippen LogP) is 5.50. The van der Waals surface area contributed by atoms with Crippen LogP contribution in [0.15, 0.2) is 59.2 Å². The van der Waals surface area contributed by atoms with Crippen LogP contribution in [0.4, 0.5) is 0 Å². The molecule has 0 spiro atoms. The number of nitriles is 1. The summed E-state index contributed by atoms with van der Waals surface area (Å²) < 4.78 is 32.7. The molecular formula is C27H33N2O6P. The third-order valence-corrected chi connectivity index (χ3v) is 5.73. The number of ether oxygens (including phenoxy) is 2. The first-order valence-electron chi connectivity index (χ1n) is 12.0. The van der Waals surface area contributed by atoms with E-state index in [-0.39, 0.29) is 12.7 Å². The molecule has 1 unspecified atom stereocenters. The molecule has 0 radical (unpaired) electrons. The van der Waals surface area contributed by atoms with Crippen LogP contribution in [0.5, 0.6) is 11.5 Å². The zero-order chi connectivity index (χ0) is 25.8. The van der Waals surface area contributed by atoms with E-state index in [1.807, 2.05) is 62.4 Å². The third kappa shape index (κ3) is 8.85. The first-order valence-corrected chi connectivity index (χ1v) is 13.3. The first-order chi connectivity index (χ1) is 17.5. The van der Waals surface area contributed by atoms with Crippen LogP contribution in [0.25, 0.3) is 11.3 Å². The molecule has 0 saturated carbocycles. The highest BCUT2D eigenvalue weighted by Gasteiger charge is 2.11. The van der Waals surface area contributed by atoms with Crippen molar-refractivity contribution < 1.29 is 27.9 Å². The van der Waals surface area contributed by atoms with Crippen molar-refractivity contribution >= 4 is 8.25 Å². The average molecular weight is 513 g/mol. The van der Waals surface area contributed by atoms with Gasteiger partial charge < -0.3 is 28.6 Å². The molecule has 0 aliphatic rings. The monoisotopic (exact) mass is 512 g/mol. The first kappa shape index (κ1) is 27.5. The molecular weight excluding hydrogens is 479 g/mol. The molecule has 8 nitrogen and oxygen atoms in total. The topological polar surface area (TPSA) is 114 Å². The normalized spacial score (nSPS) is 11.9. The Bertz CT molecular complexity index is 1160. The summed E-state index contributed by atoms with van der Waals surface area (Å²) in [5, 5.41) is 12.7. The van der Waals surface area contributed by atoms with Crippen molar-refractivity contribution in [2.75, 3.05) is 19.8 Å². The van der Waals surface area contributed by atoms with Crippen molar-refractivity contribution in [1.29, 1.82) is 5.26 Å². The second-order valence-corrected chi connectivity index (χ2v) is 9.33. The van der Waals surface area contributed by atoms with E-state index in [2.05, 4.69) is 11.4 Å². The minimum Gasteiger partial charge on any atom is -0.493 e. The minimum atomic E-state index is -2.86. The number of hydrogen-bond acceptors (Lipinski definition) is 7. The highest BCUT2D eigenvalue weighted by molar-refractivity contribution is 7.32. The van der Waals surface area contributed by atoms with Crippen LogP contribution in [0.2, 0.25) is 0 Å². The van der Waals surface area contributed by atoms with E-state index in [0.29, 0.717) is 37.4 Å². The van der Waals surface area contributed by atoms with Gasteiger partial charge in [-0.25, -0.2) is 0 Å². The van der Waals surface area contributed by atoms with Gasteiger partial charge in [0.25, 0.3) is 0 Å². The second kappa shape index (κ2) is 14.5. The largest absolute Gasteiger partial charge is 0.493 e. The van der Waals surface area contributed by atoms with Gasteiger partial charge in [0.05, 0.1) is 36.7 Å². The molecule has 0 saturated heterocycles. The van der Waals surface area contributed by atoms with E-state index in [1.165, 1.54) is 0 Å². The van der Waals surface area contributed by atoms with Gasteiger partial charge in [0.1, 0.15) is 23.3 Å². The Morgan fingerprint density at radius 1 is 1.08 bits per heavy atom. The molecule has 1 aromatic heterocycles. The van der Waals surface area contributed by atoms with Crippen molar-refractivity contribution in [1.82, 2.24) is 5.32 Å². The molecule has 192 valence electrons. The lowest BCUT2D eigenvalue weighted by atomic mass is 10.1. The molecule has 1 heterocycles. The molecule has 2 aromatic carbocycles. The average Bonchev–Trinajstić information content (AvgIpc) is 3.39. The summed E-state index contributed by atoms with van der Waals surface area (Å²) in [5.74, 6) is 2.09. The number of nitrogens with one attached hydrogen (secondary N) is 1. The molecule has 0 aliphatic carbocycles. The van der Waals surface area contributed by atoms with Crippen LogP contribution in [0.3, 0.4) is 0 Å². The molecule has 2 N–H and O–H groups in total. The summed E-state index contributed by atoms with van der Waals surface area (Å²) in [5.41, 5.74) is 3.56.